The average Bonchev–Trinajstić information content (AvgIpc) is 3.07. The predicted molar refractivity (Wildman–Crippen MR) is 128 cm³/mol. The Hall–Kier alpha value is -2.49. The molecule has 8 nitrogen and oxygen atoms in total. The predicted octanol–water partition coefficient (Wildman–Crippen LogP) is 4.04. The maximum atomic E-state index is 13.3. The van der Waals surface area contributed by atoms with E-state index in [9.17, 15) is 13.2 Å². The van der Waals surface area contributed by atoms with Crippen LogP contribution in [0, 0.1) is 12.8 Å². The van der Waals surface area contributed by atoms with Gasteiger partial charge < -0.3 is 9.30 Å². The fourth-order valence-corrected chi connectivity index (χ4v) is 5.35. The molecule has 1 aromatic carbocycles. The molecule has 0 aliphatic rings. The number of halogens is 1. The van der Waals surface area contributed by atoms with Gasteiger partial charge in [-0.2, -0.15) is 4.31 Å². The molecule has 0 fully saturated rings. The van der Waals surface area contributed by atoms with Crippen molar-refractivity contribution in [1.29, 1.82) is 0 Å². The van der Waals surface area contributed by atoms with Crippen molar-refractivity contribution in [3.63, 3.8) is 0 Å². The van der Waals surface area contributed by atoms with Crippen molar-refractivity contribution in [2.24, 2.45) is 5.92 Å². The van der Waals surface area contributed by atoms with Gasteiger partial charge in [0.15, 0.2) is 0 Å². The quantitative estimate of drug-likeness (QED) is 0.418. The van der Waals surface area contributed by atoms with Crippen LogP contribution in [0.3, 0.4) is 0 Å². The molecule has 0 N–H and O–H groups in total. The average molecular weight is 493 g/mol. The Morgan fingerprint density at radius 1 is 1.27 bits per heavy atom. The number of imidazole rings is 1. The second kappa shape index (κ2) is 10.2. The lowest BCUT2D eigenvalue weighted by Gasteiger charge is -2.27. The topological polar surface area (TPSA) is 94.4 Å². The highest BCUT2D eigenvalue weighted by Gasteiger charge is 2.34. The summed E-state index contributed by atoms with van der Waals surface area (Å²) >= 11 is 6.52. The number of fused-ring (bicyclic) bond motifs is 1. The number of ether oxygens (including phenoxy) is 1. The van der Waals surface area contributed by atoms with Gasteiger partial charge in [0, 0.05) is 18.3 Å². The van der Waals surface area contributed by atoms with Gasteiger partial charge in [-0.3, -0.25) is 9.78 Å². The van der Waals surface area contributed by atoms with Crippen LogP contribution in [0.1, 0.15) is 38.6 Å². The molecule has 1 atom stereocenters. The SMILES string of the molecule is CCOC(=O)C(CC(C)C)N(C)S(=O)(=O)c1ccc(Cn2c(C)nc3cnccc32)c(Cl)c1. The number of esters is 1. The molecule has 178 valence electrons. The van der Waals surface area contributed by atoms with Crippen LogP contribution in [0.15, 0.2) is 41.6 Å². The number of benzene rings is 1. The first kappa shape index (κ1) is 25.1. The number of carbonyl (C=O) groups is 1. The van der Waals surface area contributed by atoms with Crippen LogP contribution in [0.4, 0.5) is 0 Å². The standard InChI is InChI=1S/C23H29ClN4O4S/c1-6-32-23(29)22(11-15(2)3)27(5)33(30,31)18-8-7-17(19(24)12-18)14-28-16(4)26-20-13-25-10-9-21(20)28/h7-10,12-13,15,22H,6,11,14H2,1-5H3. The van der Waals surface area contributed by atoms with Gasteiger partial charge in [0.05, 0.1) is 29.8 Å². The van der Waals surface area contributed by atoms with E-state index < -0.39 is 22.0 Å². The number of rotatable bonds is 9. The minimum absolute atomic E-state index is 0.0215. The normalized spacial score (nSPS) is 13.1. The number of sulfonamides is 1. The van der Waals surface area contributed by atoms with Crippen molar-refractivity contribution in [3.8, 4) is 0 Å². The Labute approximate surface area is 199 Å². The zero-order valence-corrected chi connectivity index (χ0v) is 21.0. The minimum atomic E-state index is -3.97. The number of likely N-dealkylation sites (N-methyl/N-ethyl adjacent to an activating group) is 1. The van der Waals surface area contributed by atoms with Crippen LogP contribution in [-0.4, -0.2) is 52.9 Å². The van der Waals surface area contributed by atoms with E-state index in [1.54, 1.807) is 25.4 Å². The molecule has 0 spiro atoms. The number of nitrogens with zero attached hydrogens (tertiary/aromatic N) is 4. The first-order chi connectivity index (χ1) is 15.6. The number of hydrogen-bond donors (Lipinski definition) is 0. The van der Waals surface area contributed by atoms with Crippen LogP contribution in [0.2, 0.25) is 5.02 Å². The van der Waals surface area contributed by atoms with E-state index in [1.807, 2.05) is 31.4 Å². The highest BCUT2D eigenvalue weighted by molar-refractivity contribution is 7.89. The van der Waals surface area contributed by atoms with Crippen LogP contribution < -0.4 is 0 Å². The van der Waals surface area contributed by atoms with Crippen molar-refractivity contribution in [2.45, 2.75) is 51.6 Å². The summed E-state index contributed by atoms with van der Waals surface area (Å²) in [5, 5.41) is 0.316. The molecule has 0 aliphatic heterocycles. The summed E-state index contributed by atoms with van der Waals surface area (Å²) in [5.41, 5.74) is 2.45. The van der Waals surface area contributed by atoms with E-state index in [0.717, 1.165) is 26.7 Å². The maximum absolute atomic E-state index is 13.3. The number of hydrogen-bond acceptors (Lipinski definition) is 6. The second-order valence-electron chi connectivity index (χ2n) is 8.28. The third-order valence-corrected chi connectivity index (χ3v) is 7.68. The molecule has 3 rings (SSSR count). The van der Waals surface area contributed by atoms with E-state index in [1.165, 1.54) is 19.2 Å². The lowest BCUT2D eigenvalue weighted by molar-refractivity contribution is -0.147. The summed E-state index contributed by atoms with van der Waals surface area (Å²) in [4.78, 5) is 21.1. The molecule has 0 bridgehead atoms. The van der Waals surface area contributed by atoms with Gasteiger partial charge in [-0.25, -0.2) is 13.4 Å². The number of pyridine rings is 1. The van der Waals surface area contributed by atoms with E-state index in [-0.39, 0.29) is 17.4 Å². The molecule has 0 aliphatic carbocycles. The molecule has 33 heavy (non-hydrogen) atoms. The first-order valence-electron chi connectivity index (χ1n) is 10.8. The molecule has 0 saturated heterocycles. The van der Waals surface area contributed by atoms with E-state index in [4.69, 9.17) is 16.3 Å². The van der Waals surface area contributed by atoms with Gasteiger partial charge in [-0.05, 0) is 49.9 Å². The van der Waals surface area contributed by atoms with E-state index in [2.05, 4.69) is 9.97 Å². The van der Waals surface area contributed by atoms with Crippen molar-refractivity contribution >= 4 is 38.6 Å². The largest absolute Gasteiger partial charge is 0.465 e. The van der Waals surface area contributed by atoms with Crippen LogP contribution in [0.25, 0.3) is 11.0 Å². The molecule has 3 aromatic rings. The number of aryl methyl sites for hydroxylation is 1. The van der Waals surface area contributed by atoms with Crippen LogP contribution in [-0.2, 0) is 26.1 Å². The Morgan fingerprint density at radius 3 is 2.64 bits per heavy atom. The van der Waals surface area contributed by atoms with Crippen molar-refractivity contribution in [1.82, 2.24) is 18.8 Å². The lowest BCUT2D eigenvalue weighted by atomic mass is 10.0. The second-order valence-corrected chi connectivity index (χ2v) is 10.7. The molecule has 10 heteroatoms. The van der Waals surface area contributed by atoms with Crippen LogP contribution in [0.5, 0.6) is 0 Å². The van der Waals surface area contributed by atoms with Gasteiger partial charge in [-0.1, -0.05) is 31.5 Å². The van der Waals surface area contributed by atoms with E-state index in [0.29, 0.717) is 18.0 Å². The molecule has 1 unspecified atom stereocenters. The fourth-order valence-electron chi connectivity index (χ4n) is 3.70. The Balaban J connectivity index is 1.91. The Morgan fingerprint density at radius 2 is 2.00 bits per heavy atom. The van der Waals surface area contributed by atoms with Crippen molar-refractivity contribution in [3.05, 3.63) is 53.1 Å². The highest BCUT2D eigenvalue weighted by Crippen LogP contribution is 2.27. The summed E-state index contributed by atoms with van der Waals surface area (Å²) in [5.74, 6) is 0.347. The zero-order valence-electron chi connectivity index (χ0n) is 19.4. The summed E-state index contributed by atoms with van der Waals surface area (Å²) in [6.07, 6.45) is 3.75. The van der Waals surface area contributed by atoms with Crippen LogP contribution >= 0.6 is 11.6 Å². The van der Waals surface area contributed by atoms with Gasteiger partial charge in [0.25, 0.3) is 0 Å². The van der Waals surface area contributed by atoms with Gasteiger partial charge in [0.2, 0.25) is 10.0 Å². The third kappa shape index (κ3) is 5.37. The lowest BCUT2D eigenvalue weighted by Crippen LogP contribution is -2.44. The molecule has 2 heterocycles. The highest BCUT2D eigenvalue weighted by atomic mass is 35.5. The zero-order chi connectivity index (χ0) is 24.3. The summed E-state index contributed by atoms with van der Waals surface area (Å²) < 4.78 is 34.8. The van der Waals surface area contributed by atoms with E-state index >= 15 is 0 Å². The molecule has 0 saturated carbocycles. The third-order valence-electron chi connectivity index (χ3n) is 5.46. The van der Waals surface area contributed by atoms with Gasteiger partial charge in [-0.15, -0.1) is 0 Å². The van der Waals surface area contributed by atoms with Gasteiger partial charge in [0.1, 0.15) is 17.4 Å². The smallest absolute Gasteiger partial charge is 0.324 e. The van der Waals surface area contributed by atoms with Crippen molar-refractivity contribution < 1.29 is 17.9 Å². The van der Waals surface area contributed by atoms with Crippen molar-refractivity contribution in [2.75, 3.05) is 13.7 Å². The monoisotopic (exact) mass is 492 g/mol. The molecular weight excluding hydrogens is 464 g/mol. The number of carbonyl (C=O) groups excluding carboxylic acids is 1. The number of aromatic nitrogens is 3. The summed E-state index contributed by atoms with van der Waals surface area (Å²) in [6, 6.07) is 5.59. The fraction of sp³-hybridized carbons (Fsp3) is 0.435. The Kier molecular flexibility index (Phi) is 7.76. The first-order valence-corrected chi connectivity index (χ1v) is 12.6. The molecule has 2 aromatic heterocycles. The maximum Gasteiger partial charge on any atom is 0.324 e. The summed E-state index contributed by atoms with van der Waals surface area (Å²) in [6.45, 7) is 8.05. The Bertz CT molecular complexity index is 1260. The molecule has 0 radical (unpaired) electrons. The molecule has 0 amide bonds. The molecular formula is C23H29ClN4O4S. The summed E-state index contributed by atoms with van der Waals surface area (Å²) in [7, 11) is -2.57. The minimum Gasteiger partial charge on any atom is -0.465 e. The van der Waals surface area contributed by atoms with Gasteiger partial charge >= 0.3 is 5.97 Å².